The number of rotatable bonds is 3. The smallest absolute Gasteiger partial charge is 0.188 e. The van der Waals surface area contributed by atoms with Gasteiger partial charge in [-0.3, -0.25) is 9.59 Å². The lowest BCUT2D eigenvalue weighted by molar-refractivity contribution is -0.699. The Balaban J connectivity index is 1.70. The van der Waals surface area contributed by atoms with Crippen molar-refractivity contribution < 1.29 is 14.2 Å². The molecule has 0 radical (unpaired) electrons. The van der Waals surface area contributed by atoms with Gasteiger partial charge >= 0.3 is 0 Å². The van der Waals surface area contributed by atoms with E-state index in [-0.39, 0.29) is 18.1 Å². The molecule has 0 atom stereocenters. The van der Waals surface area contributed by atoms with Crippen LogP contribution >= 0.6 is 15.9 Å². The van der Waals surface area contributed by atoms with Crippen LogP contribution in [0.3, 0.4) is 0 Å². The number of fused-ring (bicyclic) bond motifs is 2. The fraction of sp³-hybridized carbons (Fsp3) is 0.0800. The van der Waals surface area contributed by atoms with E-state index in [0.717, 1.165) is 15.2 Å². The van der Waals surface area contributed by atoms with E-state index in [1.165, 1.54) is 0 Å². The van der Waals surface area contributed by atoms with E-state index in [2.05, 4.69) is 15.9 Å². The summed E-state index contributed by atoms with van der Waals surface area (Å²) in [5, 5.41) is 2.19. The van der Waals surface area contributed by atoms with Crippen molar-refractivity contribution in [1.82, 2.24) is 0 Å². The number of nitrogens with zero attached hydrogens (tertiary/aromatic N) is 1. The van der Waals surface area contributed by atoms with Gasteiger partial charge in [-0.05, 0) is 29.1 Å². The molecule has 0 saturated carbocycles. The van der Waals surface area contributed by atoms with E-state index >= 15 is 0 Å². The standard InChI is InChI=1S/C25H17BrNO2/c26-20-11-9-19(10-12-20)25(23(28)21-7-3-4-8-22(21)24(25)29)16-27-14-13-17-5-1-2-6-18(17)15-27/h1-15H,16H2/q+1. The van der Waals surface area contributed by atoms with E-state index in [0.29, 0.717) is 16.7 Å². The molecule has 1 aliphatic carbocycles. The van der Waals surface area contributed by atoms with Gasteiger partial charge in [-0.2, -0.15) is 0 Å². The number of hydrogen-bond donors (Lipinski definition) is 0. The van der Waals surface area contributed by atoms with E-state index in [1.807, 2.05) is 83.7 Å². The van der Waals surface area contributed by atoms with Gasteiger partial charge in [0.2, 0.25) is 0 Å². The van der Waals surface area contributed by atoms with Crippen LogP contribution in [0.4, 0.5) is 0 Å². The first-order chi connectivity index (χ1) is 14.1. The second kappa shape index (κ2) is 6.75. The number of halogens is 1. The number of pyridine rings is 1. The molecule has 1 aromatic heterocycles. The molecule has 0 bridgehead atoms. The summed E-state index contributed by atoms with van der Waals surface area (Å²) in [5.74, 6) is -0.276. The summed E-state index contributed by atoms with van der Waals surface area (Å²) in [5.41, 5.74) is 0.452. The van der Waals surface area contributed by atoms with Crippen molar-refractivity contribution >= 4 is 38.3 Å². The molecular formula is C25H17BrNO2+. The van der Waals surface area contributed by atoms with Crippen molar-refractivity contribution in [2.24, 2.45) is 0 Å². The average molecular weight is 443 g/mol. The highest BCUT2D eigenvalue weighted by Crippen LogP contribution is 2.40. The summed E-state index contributed by atoms with van der Waals surface area (Å²) >= 11 is 3.45. The van der Waals surface area contributed by atoms with Crippen molar-refractivity contribution in [2.75, 3.05) is 0 Å². The third kappa shape index (κ3) is 2.75. The molecular weight excluding hydrogens is 426 g/mol. The summed E-state index contributed by atoms with van der Waals surface area (Å²) in [6.07, 6.45) is 3.94. The largest absolute Gasteiger partial charge is 0.292 e. The molecule has 29 heavy (non-hydrogen) atoms. The third-order valence-corrected chi connectivity index (χ3v) is 6.22. The fourth-order valence-electron chi connectivity index (χ4n) is 4.22. The first-order valence-corrected chi connectivity index (χ1v) is 10.2. The summed E-state index contributed by atoms with van der Waals surface area (Å²) in [6, 6.07) is 24.7. The third-order valence-electron chi connectivity index (χ3n) is 5.69. The lowest BCUT2D eigenvalue weighted by Gasteiger charge is -2.23. The molecule has 1 aliphatic rings. The zero-order valence-corrected chi connectivity index (χ0v) is 17.1. The minimum absolute atomic E-state index is 0.138. The number of hydrogen-bond acceptors (Lipinski definition) is 2. The Hall–Kier alpha value is -3.11. The van der Waals surface area contributed by atoms with Gasteiger partial charge in [0.15, 0.2) is 35.9 Å². The molecule has 0 aliphatic heterocycles. The lowest BCUT2D eigenvalue weighted by atomic mass is 9.75. The number of Topliss-reactive ketones (excluding diaryl/α,β-unsaturated/α-hetero) is 2. The highest BCUT2D eigenvalue weighted by molar-refractivity contribution is 9.10. The Kier molecular flexibility index (Phi) is 4.18. The van der Waals surface area contributed by atoms with Gasteiger partial charge < -0.3 is 0 Å². The van der Waals surface area contributed by atoms with Crippen LogP contribution in [0, 0.1) is 0 Å². The van der Waals surface area contributed by atoms with Crippen LogP contribution in [0.1, 0.15) is 26.3 Å². The normalized spacial score (nSPS) is 14.9. The number of carbonyl (C=O) groups is 2. The van der Waals surface area contributed by atoms with Crippen LogP contribution in [0.15, 0.2) is 95.7 Å². The molecule has 4 aromatic rings. The molecule has 4 heteroatoms. The average Bonchev–Trinajstić information content (AvgIpc) is 2.97. The van der Waals surface area contributed by atoms with Gasteiger partial charge in [-0.1, -0.05) is 70.5 Å². The number of aromatic nitrogens is 1. The fourth-order valence-corrected chi connectivity index (χ4v) is 4.49. The Morgan fingerprint density at radius 1 is 0.724 bits per heavy atom. The molecule has 0 saturated heterocycles. The molecule has 0 amide bonds. The number of carbonyl (C=O) groups excluding carboxylic acids is 2. The summed E-state index contributed by atoms with van der Waals surface area (Å²) < 4.78 is 2.86. The summed E-state index contributed by atoms with van der Waals surface area (Å²) in [6.45, 7) is 0.256. The van der Waals surface area contributed by atoms with E-state index < -0.39 is 5.41 Å². The van der Waals surface area contributed by atoms with Gasteiger partial charge in [0.25, 0.3) is 0 Å². The van der Waals surface area contributed by atoms with Gasteiger partial charge in [0, 0.05) is 27.1 Å². The van der Waals surface area contributed by atoms with E-state index in [9.17, 15) is 9.59 Å². The highest BCUT2D eigenvalue weighted by Gasteiger charge is 2.57. The van der Waals surface area contributed by atoms with Crippen LogP contribution in [0.2, 0.25) is 0 Å². The predicted molar refractivity (Wildman–Crippen MR) is 115 cm³/mol. The topological polar surface area (TPSA) is 38.0 Å². The predicted octanol–water partition coefficient (Wildman–Crippen LogP) is 4.91. The van der Waals surface area contributed by atoms with Gasteiger partial charge in [-0.15, -0.1) is 0 Å². The second-order valence-electron chi connectivity index (χ2n) is 7.36. The Labute approximate surface area is 176 Å². The van der Waals surface area contributed by atoms with Crippen molar-refractivity contribution in [2.45, 2.75) is 12.0 Å². The Morgan fingerprint density at radius 2 is 1.31 bits per heavy atom. The van der Waals surface area contributed by atoms with Crippen LogP contribution in [0.25, 0.3) is 10.8 Å². The first-order valence-electron chi connectivity index (χ1n) is 9.42. The van der Waals surface area contributed by atoms with Crippen LogP contribution in [-0.4, -0.2) is 11.6 Å². The summed E-state index contributed by atoms with van der Waals surface area (Å²) in [4.78, 5) is 27.3. The molecule has 0 unspecified atom stereocenters. The molecule has 5 rings (SSSR count). The second-order valence-corrected chi connectivity index (χ2v) is 8.28. The van der Waals surface area contributed by atoms with Gasteiger partial charge in [-0.25, -0.2) is 4.57 Å². The number of ketones is 2. The summed E-state index contributed by atoms with van der Waals surface area (Å²) in [7, 11) is 0. The molecule has 3 nitrogen and oxygen atoms in total. The molecule has 0 spiro atoms. The molecule has 3 aromatic carbocycles. The maximum atomic E-state index is 13.6. The van der Waals surface area contributed by atoms with Crippen molar-refractivity contribution in [3.8, 4) is 0 Å². The minimum atomic E-state index is -1.27. The van der Waals surface area contributed by atoms with E-state index in [4.69, 9.17) is 0 Å². The van der Waals surface area contributed by atoms with Crippen molar-refractivity contribution in [3.63, 3.8) is 0 Å². The van der Waals surface area contributed by atoms with Crippen LogP contribution in [-0.2, 0) is 12.0 Å². The maximum Gasteiger partial charge on any atom is 0.188 e. The molecule has 140 valence electrons. The molecule has 0 fully saturated rings. The zero-order chi connectivity index (χ0) is 20.0. The van der Waals surface area contributed by atoms with Crippen molar-refractivity contribution in [3.05, 3.63) is 112 Å². The van der Waals surface area contributed by atoms with Gasteiger partial charge in [0.05, 0.1) is 0 Å². The Morgan fingerprint density at radius 3 is 1.97 bits per heavy atom. The molecule has 0 N–H and O–H groups in total. The maximum absolute atomic E-state index is 13.6. The monoisotopic (exact) mass is 442 g/mol. The first kappa shape index (κ1) is 18.0. The SMILES string of the molecule is O=C1c2ccccc2C(=O)C1(C[n+]1ccc2ccccc2c1)c1ccc(Br)cc1. The highest BCUT2D eigenvalue weighted by atomic mass is 79.9. The van der Waals surface area contributed by atoms with Gasteiger partial charge in [0.1, 0.15) is 0 Å². The minimum Gasteiger partial charge on any atom is -0.292 e. The van der Waals surface area contributed by atoms with Crippen molar-refractivity contribution in [1.29, 1.82) is 0 Å². The lowest BCUT2D eigenvalue weighted by Crippen LogP contribution is -2.52. The Bertz CT molecular complexity index is 1240. The quantitative estimate of drug-likeness (QED) is 0.334. The van der Waals surface area contributed by atoms with Crippen LogP contribution < -0.4 is 4.57 Å². The molecule has 1 heterocycles. The number of benzene rings is 3. The zero-order valence-electron chi connectivity index (χ0n) is 15.5. The van der Waals surface area contributed by atoms with E-state index in [1.54, 1.807) is 12.1 Å². The van der Waals surface area contributed by atoms with Crippen LogP contribution in [0.5, 0.6) is 0 Å².